The molecule has 1 amide bonds. The van der Waals surface area contributed by atoms with Crippen LogP contribution in [0.2, 0.25) is 0 Å². The highest BCUT2D eigenvalue weighted by atomic mass is 16.5. The molecule has 86 valence electrons. The first-order valence-corrected chi connectivity index (χ1v) is 5.95. The molecule has 0 radical (unpaired) electrons. The van der Waals surface area contributed by atoms with E-state index in [4.69, 9.17) is 4.74 Å². The first-order valence-electron chi connectivity index (χ1n) is 5.95. The third kappa shape index (κ3) is 3.80. The lowest BCUT2D eigenvalue weighted by Crippen LogP contribution is -2.33. The largest absolute Gasteiger partial charge is 0.381 e. The molecule has 4 heteroatoms. The lowest BCUT2D eigenvalue weighted by Gasteiger charge is -2.09. The Kier molecular flexibility index (Phi) is 3.97. The molecule has 2 fully saturated rings. The molecule has 1 atom stereocenters. The second-order valence-electron chi connectivity index (χ2n) is 4.43. The van der Waals surface area contributed by atoms with E-state index in [0.717, 1.165) is 38.6 Å². The Hall–Kier alpha value is -0.610. The maximum Gasteiger partial charge on any atom is 0.225 e. The van der Waals surface area contributed by atoms with E-state index in [0.29, 0.717) is 6.61 Å². The second-order valence-corrected chi connectivity index (χ2v) is 4.43. The van der Waals surface area contributed by atoms with Gasteiger partial charge in [0.1, 0.15) is 0 Å². The van der Waals surface area contributed by atoms with E-state index < -0.39 is 0 Å². The summed E-state index contributed by atoms with van der Waals surface area (Å²) in [5, 5.41) is 6.38. The van der Waals surface area contributed by atoms with E-state index in [1.165, 1.54) is 12.8 Å². The van der Waals surface area contributed by atoms with Crippen molar-refractivity contribution in [2.45, 2.75) is 31.7 Å². The van der Waals surface area contributed by atoms with E-state index >= 15 is 0 Å². The minimum absolute atomic E-state index is 0.0985. The lowest BCUT2D eigenvalue weighted by atomic mass is 10.1. The van der Waals surface area contributed by atoms with E-state index in [9.17, 15) is 4.79 Å². The van der Waals surface area contributed by atoms with Gasteiger partial charge in [0, 0.05) is 19.2 Å². The Morgan fingerprint density at radius 1 is 1.27 bits per heavy atom. The van der Waals surface area contributed by atoms with Gasteiger partial charge in [0.05, 0.1) is 12.5 Å². The molecule has 1 heterocycles. The van der Waals surface area contributed by atoms with Crippen LogP contribution >= 0.6 is 0 Å². The summed E-state index contributed by atoms with van der Waals surface area (Å²) >= 11 is 0. The van der Waals surface area contributed by atoms with Crippen LogP contribution in [0.25, 0.3) is 0 Å². The fraction of sp³-hybridized carbons (Fsp3) is 0.909. The van der Waals surface area contributed by atoms with Crippen LogP contribution in [0.4, 0.5) is 0 Å². The Morgan fingerprint density at radius 2 is 2.13 bits per heavy atom. The molecule has 1 saturated heterocycles. The SMILES string of the molecule is O=C(NCCCNC1CC1)C1CCOC1. The summed E-state index contributed by atoms with van der Waals surface area (Å²) in [5.74, 6) is 0.264. The highest BCUT2D eigenvalue weighted by molar-refractivity contribution is 5.78. The van der Waals surface area contributed by atoms with Crippen molar-refractivity contribution in [3.63, 3.8) is 0 Å². The first-order chi connectivity index (χ1) is 7.36. The van der Waals surface area contributed by atoms with Crippen LogP contribution in [0.1, 0.15) is 25.7 Å². The van der Waals surface area contributed by atoms with Crippen LogP contribution in [0.5, 0.6) is 0 Å². The number of hydrogen-bond acceptors (Lipinski definition) is 3. The molecule has 1 saturated carbocycles. The highest BCUT2D eigenvalue weighted by Gasteiger charge is 2.23. The predicted octanol–water partition coefficient (Wildman–Crippen LogP) is 0.281. The van der Waals surface area contributed by atoms with E-state index in [-0.39, 0.29) is 11.8 Å². The number of ether oxygens (including phenoxy) is 1. The number of hydrogen-bond donors (Lipinski definition) is 2. The summed E-state index contributed by atoms with van der Waals surface area (Å²) in [6, 6.07) is 0.768. The van der Waals surface area contributed by atoms with Crippen molar-refractivity contribution in [3.05, 3.63) is 0 Å². The molecule has 2 aliphatic rings. The van der Waals surface area contributed by atoms with Crippen molar-refractivity contribution >= 4 is 5.91 Å². The van der Waals surface area contributed by atoms with Crippen LogP contribution < -0.4 is 10.6 Å². The van der Waals surface area contributed by atoms with Crippen molar-refractivity contribution in [2.24, 2.45) is 5.92 Å². The molecule has 0 aromatic rings. The van der Waals surface area contributed by atoms with Gasteiger partial charge in [-0.3, -0.25) is 4.79 Å². The molecule has 4 nitrogen and oxygen atoms in total. The highest BCUT2D eigenvalue weighted by Crippen LogP contribution is 2.18. The Morgan fingerprint density at radius 3 is 2.80 bits per heavy atom. The summed E-state index contributed by atoms with van der Waals surface area (Å²) < 4.78 is 5.17. The fourth-order valence-corrected chi connectivity index (χ4v) is 1.78. The molecule has 1 aliphatic carbocycles. The number of nitrogens with one attached hydrogen (secondary N) is 2. The molecule has 1 aliphatic heterocycles. The van der Waals surface area contributed by atoms with Crippen molar-refractivity contribution in [1.29, 1.82) is 0 Å². The number of amides is 1. The average Bonchev–Trinajstić information content (AvgIpc) is 2.90. The topological polar surface area (TPSA) is 50.4 Å². The zero-order valence-electron chi connectivity index (χ0n) is 9.13. The van der Waals surface area contributed by atoms with E-state index in [1.807, 2.05) is 0 Å². The van der Waals surface area contributed by atoms with Crippen molar-refractivity contribution in [3.8, 4) is 0 Å². The summed E-state index contributed by atoms with van der Waals surface area (Å²) in [6.45, 7) is 3.15. The van der Waals surface area contributed by atoms with Gasteiger partial charge < -0.3 is 15.4 Å². The zero-order valence-corrected chi connectivity index (χ0v) is 9.13. The van der Waals surface area contributed by atoms with E-state index in [2.05, 4.69) is 10.6 Å². The lowest BCUT2D eigenvalue weighted by molar-refractivity contribution is -0.124. The Bertz CT molecular complexity index is 211. The van der Waals surface area contributed by atoms with Gasteiger partial charge in [0.2, 0.25) is 5.91 Å². The molecule has 0 bridgehead atoms. The van der Waals surface area contributed by atoms with E-state index in [1.54, 1.807) is 0 Å². The van der Waals surface area contributed by atoms with Crippen LogP contribution in [0.15, 0.2) is 0 Å². The Labute approximate surface area is 90.8 Å². The maximum absolute atomic E-state index is 11.5. The van der Waals surface area contributed by atoms with Crippen molar-refractivity contribution in [1.82, 2.24) is 10.6 Å². The average molecular weight is 212 g/mol. The van der Waals surface area contributed by atoms with Crippen LogP contribution in [0.3, 0.4) is 0 Å². The minimum Gasteiger partial charge on any atom is -0.381 e. The van der Waals surface area contributed by atoms with Crippen LogP contribution in [-0.2, 0) is 9.53 Å². The smallest absolute Gasteiger partial charge is 0.225 e. The monoisotopic (exact) mass is 212 g/mol. The van der Waals surface area contributed by atoms with Gasteiger partial charge in [-0.2, -0.15) is 0 Å². The number of rotatable bonds is 6. The molecule has 0 aromatic carbocycles. The van der Waals surface area contributed by atoms with Crippen molar-refractivity contribution < 1.29 is 9.53 Å². The normalized spacial score (nSPS) is 25.5. The summed E-state index contributed by atoms with van der Waals surface area (Å²) in [5.41, 5.74) is 0. The summed E-state index contributed by atoms with van der Waals surface area (Å²) in [7, 11) is 0. The molecule has 2 N–H and O–H groups in total. The molecule has 15 heavy (non-hydrogen) atoms. The second kappa shape index (κ2) is 5.47. The van der Waals surface area contributed by atoms with Gasteiger partial charge in [-0.1, -0.05) is 0 Å². The standard InChI is InChI=1S/C11H20N2O2/c14-11(9-4-7-15-8-9)13-6-1-5-12-10-2-3-10/h9-10,12H,1-8H2,(H,13,14). The molecule has 0 aromatic heterocycles. The number of carbonyl (C=O) groups is 1. The summed E-state index contributed by atoms with van der Waals surface area (Å²) in [6.07, 6.45) is 4.56. The van der Waals surface area contributed by atoms with Crippen LogP contribution in [0, 0.1) is 5.92 Å². The van der Waals surface area contributed by atoms with Gasteiger partial charge in [0.15, 0.2) is 0 Å². The minimum atomic E-state index is 0.0985. The van der Waals surface area contributed by atoms with Gasteiger partial charge in [-0.05, 0) is 32.2 Å². The molecule has 1 unspecified atom stereocenters. The quantitative estimate of drug-likeness (QED) is 0.622. The Balaban J connectivity index is 1.46. The molecule has 0 spiro atoms. The first kappa shape index (κ1) is 10.9. The van der Waals surface area contributed by atoms with Gasteiger partial charge in [-0.25, -0.2) is 0 Å². The maximum atomic E-state index is 11.5. The summed E-state index contributed by atoms with van der Waals surface area (Å²) in [4.78, 5) is 11.5. The number of carbonyl (C=O) groups excluding carboxylic acids is 1. The molecule has 2 rings (SSSR count). The van der Waals surface area contributed by atoms with Gasteiger partial charge >= 0.3 is 0 Å². The van der Waals surface area contributed by atoms with Gasteiger partial charge in [-0.15, -0.1) is 0 Å². The predicted molar refractivity (Wildman–Crippen MR) is 57.6 cm³/mol. The fourth-order valence-electron chi connectivity index (χ4n) is 1.78. The third-order valence-electron chi connectivity index (χ3n) is 2.96. The molecular formula is C11H20N2O2. The molecular weight excluding hydrogens is 192 g/mol. The van der Waals surface area contributed by atoms with Gasteiger partial charge in [0.25, 0.3) is 0 Å². The third-order valence-corrected chi connectivity index (χ3v) is 2.96. The van der Waals surface area contributed by atoms with Crippen LogP contribution in [-0.4, -0.2) is 38.3 Å². The van der Waals surface area contributed by atoms with Crippen molar-refractivity contribution in [2.75, 3.05) is 26.3 Å². The zero-order chi connectivity index (χ0) is 10.5.